The van der Waals surface area contributed by atoms with Gasteiger partial charge in [-0.2, -0.15) is 0 Å². The number of ether oxygens (including phenoxy) is 3. The molecule has 6 heteroatoms. The first-order valence-corrected chi connectivity index (χ1v) is 27.3. The van der Waals surface area contributed by atoms with Crippen molar-refractivity contribution >= 4 is 17.9 Å². The van der Waals surface area contributed by atoms with Gasteiger partial charge in [-0.1, -0.05) is 266 Å². The van der Waals surface area contributed by atoms with Crippen molar-refractivity contribution in [3.63, 3.8) is 0 Å². The Morgan fingerprint density at radius 1 is 0.344 bits per heavy atom. The molecule has 0 aromatic carbocycles. The maximum atomic E-state index is 12.8. The molecule has 0 spiro atoms. The fourth-order valence-corrected chi connectivity index (χ4v) is 8.31. The van der Waals surface area contributed by atoms with E-state index < -0.39 is 6.10 Å². The Morgan fingerprint density at radius 3 is 0.934 bits per heavy atom. The highest BCUT2D eigenvalue weighted by Crippen LogP contribution is 2.18. The molecule has 0 heterocycles. The second kappa shape index (κ2) is 47.9. The van der Waals surface area contributed by atoms with Gasteiger partial charge in [-0.15, -0.1) is 0 Å². The molecule has 0 N–H and O–H groups in total. The minimum atomic E-state index is -0.762. The van der Waals surface area contributed by atoms with Gasteiger partial charge in [0.2, 0.25) is 0 Å². The number of unbranched alkanes of at least 4 members (excludes halogenated alkanes) is 33. The lowest BCUT2D eigenvalue weighted by Crippen LogP contribution is -2.30. The third-order valence-electron chi connectivity index (χ3n) is 12.8. The second-order valence-corrected chi connectivity index (χ2v) is 19.6. The molecule has 0 fully saturated rings. The molecule has 362 valence electrons. The summed E-state index contributed by atoms with van der Waals surface area (Å²) in [6.45, 7) is 11.4. The molecular weight excluding hydrogens is 757 g/mol. The molecule has 0 aliphatic heterocycles. The van der Waals surface area contributed by atoms with E-state index in [0.29, 0.717) is 19.3 Å². The van der Waals surface area contributed by atoms with Crippen LogP contribution in [-0.4, -0.2) is 37.2 Å². The molecule has 0 aromatic rings. The molecule has 1 unspecified atom stereocenters. The third-order valence-corrected chi connectivity index (χ3v) is 12.8. The summed E-state index contributed by atoms with van der Waals surface area (Å²) in [5.41, 5.74) is 0. The van der Waals surface area contributed by atoms with Crippen LogP contribution in [0.5, 0.6) is 0 Å². The predicted molar refractivity (Wildman–Crippen MR) is 261 cm³/mol. The number of carbonyl (C=O) groups is 3. The second-order valence-electron chi connectivity index (χ2n) is 19.6. The lowest BCUT2D eigenvalue weighted by atomic mass is 9.99. The number of hydrogen-bond acceptors (Lipinski definition) is 6. The summed E-state index contributed by atoms with van der Waals surface area (Å²) in [5, 5.41) is 0. The molecule has 61 heavy (non-hydrogen) atoms. The zero-order chi connectivity index (χ0) is 44.7. The van der Waals surface area contributed by atoms with Crippen LogP contribution in [0.25, 0.3) is 0 Å². The summed E-state index contributed by atoms with van der Waals surface area (Å²) in [7, 11) is 0. The molecule has 0 saturated heterocycles. The van der Waals surface area contributed by atoms with E-state index in [4.69, 9.17) is 14.2 Å². The van der Waals surface area contributed by atoms with Gasteiger partial charge in [-0.05, 0) is 31.1 Å². The molecule has 2 atom stereocenters. The van der Waals surface area contributed by atoms with Crippen molar-refractivity contribution in [2.45, 2.75) is 310 Å². The summed E-state index contributed by atoms with van der Waals surface area (Å²) >= 11 is 0. The molecule has 0 aliphatic rings. The van der Waals surface area contributed by atoms with E-state index in [-0.39, 0.29) is 31.1 Å². The standard InChI is InChI=1S/C55H106O6/c1-6-8-9-10-11-12-13-14-15-16-17-18-21-24-30-35-40-45-53(56)59-48-52(49-60-54(57)46-41-36-31-27-26-29-34-39-44-51(5)7-2)61-55(58)47-42-37-32-25-22-19-20-23-28-33-38-43-50(3)4/h50-52H,6-49H2,1-5H3/t51?,52-/m1/s1. The zero-order valence-electron chi connectivity index (χ0n) is 41.8. The average molecular weight is 863 g/mol. The maximum absolute atomic E-state index is 12.8. The molecule has 0 saturated carbocycles. The Balaban J connectivity index is 4.30. The Bertz CT molecular complexity index is 933. The first kappa shape index (κ1) is 59.4. The van der Waals surface area contributed by atoms with Crippen molar-refractivity contribution in [3.05, 3.63) is 0 Å². The van der Waals surface area contributed by atoms with Gasteiger partial charge in [0.1, 0.15) is 13.2 Å². The summed E-state index contributed by atoms with van der Waals surface area (Å²) in [6.07, 6.45) is 49.4. The molecule has 0 amide bonds. The van der Waals surface area contributed by atoms with E-state index in [1.807, 2.05) is 0 Å². The van der Waals surface area contributed by atoms with Gasteiger partial charge in [0.05, 0.1) is 0 Å². The van der Waals surface area contributed by atoms with Gasteiger partial charge in [0, 0.05) is 19.3 Å². The van der Waals surface area contributed by atoms with Gasteiger partial charge < -0.3 is 14.2 Å². The zero-order valence-corrected chi connectivity index (χ0v) is 41.8. The highest BCUT2D eigenvalue weighted by Gasteiger charge is 2.19. The SMILES string of the molecule is CCCCCCCCCCCCCCCCCCCC(=O)OC[C@H](COC(=O)CCCCCCCCCCC(C)CC)OC(=O)CCCCCCCCCCCCCC(C)C. The van der Waals surface area contributed by atoms with Crippen molar-refractivity contribution < 1.29 is 28.6 Å². The van der Waals surface area contributed by atoms with Crippen molar-refractivity contribution in [3.8, 4) is 0 Å². The molecule has 0 bridgehead atoms. The largest absolute Gasteiger partial charge is 0.462 e. The van der Waals surface area contributed by atoms with Crippen LogP contribution >= 0.6 is 0 Å². The number of hydrogen-bond donors (Lipinski definition) is 0. The first-order chi connectivity index (χ1) is 29.8. The third kappa shape index (κ3) is 47.7. The number of esters is 3. The van der Waals surface area contributed by atoms with E-state index in [1.165, 1.54) is 193 Å². The monoisotopic (exact) mass is 863 g/mol. The van der Waals surface area contributed by atoms with Gasteiger partial charge in [0.15, 0.2) is 6.10 Å². The molecule has 0 radical (unpaired) electrons. The molecule has 6 nitrogen and oxygen atoms in total. The molecule has 0 aromatic heterocycles. The van der Waals surface area contributed by atoms with Gasteiger partial charge in [-0.25, -0.2) is 0 Å². The predicted octanol–water partition coefficient (Wildman–Crippen LogP) is 17.7. The van der Waals surface area contributed by atoms with E-state index in [2.05, 4.69) is 34.6 Å². The number of rotatable bonds is 49. The van der Waals surface area contributed by atoms with Crippen molar-refractivity contribution in [2.24, 2.45) is 11.8 Å². The van der Waals surface area contributed by atoms with Crippen molar-refractivity contribution in [1.29, 1.82) is 0 Å². The quantitative estimate of drug-likeness (QED) is 0.0344. The number of carbonyl (C=O) groups excluding carboxylic acids is 3. The minimum absolute atomic E-state index is 0.0636. The highest BCUT2D eigenvalue weighted by molar-refractivity contribution is 5.71. The van der Waals surface area contributed by atoms with E-state index in [9.17, 15) is 14.4 Å². The minimum Gasteiger partial charge on any atom is -0.462 e. The Hall–Kier alpha value is -1.59. The summed E-state index contributed by atoms with van der Waals surface area (Å²) in [6, 6.07) is 0. The Labute approximate surface area is 380 Å². The van der Waals surface area contributed by atoms with Crippen LogP contribution in [0, 0.1) is 11.8 Å². The van der Waals surface area contributed by atoms with Crippen LogP contribution in [0.4, 0.5) is 0 Å². The van der Waals surface area contributed by atoms with E-state index in [0.717, 1.165) is 69.6 Å². The van der Waals surface area contributed by atoms with Crippen LogP contribution < -0.4 is 0 Å². The fraction of sp³-hybridized carbons (Fsp3) is 0.945. The fourth-order valence-electron chi connectivity index (χ4n) is 8.31. The molecule has 0 rings (SSSR count). The average Bonchev–Trinajstić information content (AvgIpc) is 3.24. The molecular formula is C55H106O6. The Morgan fingerprint density at radius 2 is 0.623 bits per heavy atom. The van der Waals surface area contributed by atoms with Crippen molar-refractivity contribution in [1.82, 2.24) is 0 Å². The van der Waals surface area contributed by atoms with Gasteiger partial charge in [0.25, 0.3) is 0 Å². The van der Waals surface area contributed by atoms with Gasteiger partial charge >= 0.3 is 17.9 Å². The lowest BCUT2D eigenvalue weighted by Gasteiger charge is -2.18. The van der Waals surface area contributed by atoms with Crippen LogP contribution in [0.15, 0.2) is 0 Å². The first-order valence-electron chi connectivity index (χ1n) is 27.3. The van der Waals surface area contributed by atoms with Crippen LogP contribution in [0.1, 0.15) is 304 Å². The van der Waals surface area contributed by atoms with Gasteiger partial charge in [-0.3, -0.25) is 14.4 Å². The molecule has 0 aliphatic carbocycles. The van der Waals surface area contributed by atoms with E-state index in [1.54, 1.807) is 0 Å². The van der Waals surface area contributed by atoms with Crippen molar-refractivity contribution in [2.75, 3.05) is 13.2 Å². The van der Waals surface area contributed by atoms with Crippen LogP contribution in [-0.2, 0) is 28.6 Å². The highest BCUT2D eigenvalue weighted by atomic mass is 16.6. The summed E-state index contributed by atoms with van der Waals surface area (Å²) < 4.78 is 16.8. The smallest absolute Gasteiger partial charge is 0.306 e. The van der Waals surface area contributed by atoms with Crippen LogP contribution in [0.2, 0.25) is 0 Å². The van der Waals surface area contributed by atoms with Crippen LogP contribution in [0.3, 0.4) is 0 Å². The summed E-state index contributed by atoms with van der Waals surface area (Å²) in [5.74, 6) is 0.826. The lowest BCUT2D eigenvalue weighted by molar-refractivity contribution is -0.167. The topological polar surface area (TPSA) is 78.9 Å². The normalized spacial score (nSPS) is 12.5. The summed E-state index contributed by atoms with van der Waals surface area (Å²) in [4.78, 5) is 38.0. The maximum Gasteiger partial charge on any atom is 0.306 e. The Kier molecular flexibility index (Phi) is 46.6. The van der Waals surface area contributed by atoms with E-state index >= 15 is 0 Å².